The van der Waals surface area contributed by atoms with Gasteiger partial charge in [-0.25, -0.2) is 13.7 Å². The standard InChI is InChI=1S/C20H32N5O13P3S2/c1-12(43-42-5)35-14-9-16(25-10-13(7-6-8-21)17-18(25)23-20(22)24-19(17)26)36-15(14)11-34-40(29,32-3)38-41(30,33-4)37-39(27,28)31-2/h10,12,14-16H,8-9,11,21H2,1-5H3,(H,27,28)(H3,22,23,24,26)/t12-,14?,15-,16-,40?,41?/m1/s1. The lowest BCUT2D eigenvalue weighted by atomic mass is 10.2. The first kappa shape index (κ1) is 36.2. The molecule has 1 aliphatic rings. The van der Waals surface area contributed by atoms with Gasteiger partial charge in [0.25, 0.3) is 5.56 Å². The highest BCUT2D eigenvalue weighted by molar-refractivity contribution is 8.76. The zero-order valence-electron chi connectivity index (χ0n) is 23.6. The van der Waals surface area contributed by atoms with Gasteiger partial charge in [-0.1, -0.05) is 33.4 Å². The Bertz CT molecular complexity index is 1550. The van der Waals surface area contributed by atoms with Crippen molar-refractivity contribution >= 4 is 62.0 Å². The Balaban J connectivity index is 1.92. The number of fused-ring (bicyclic) bond motifs is 1. The first-order valence-corrected chi connectivity index (χ1v) is 19.1. The van der Waals surface area contributed by atoms with Gasteiger partial charge in [0.2, 0.25) is 5.95 Å². The molecule has 0 spiro atoms. The van der Waals surface area contributed by atoms with Gasteiger partial charge in [-0.05, 0) is 13.2 Å². The molecule has 43 heavy (non-hydrogen) atoms. The fourth-order valence-electron chi connectivity index (χ4n) is 3.84. The van der Waals surface area contributed by atoms with Crippen molar-refractivity contribution in [1.82, 2.24) is 14.5 Å². The van der Waals surface area contributed by atoms with Crippen LogP contribution in [0.5, 0.6) is 0 Å². The number of phosphoric ester groups is 2. The summed E-state index contributed by atoms with van der Waals surface area (Å²) < 4.78 is 79.8. The SMILES string of the molecule is COP(=O)(O)OP(=O)(OC)OP(=O)(OC)OC[C@H]1O[C@@H](n2cc(C#CCN)c3c(=O)[nH]c(N)nc32)CC1O[C@@H](C)SSC. The molecule has 7 atom stereocenters. The lowest BCUT2D eigenvalue weighted by Gasteiger charge is -2.25. The molecule has 2 aromatic heterocycles. The molecule has 3 rings (SSSR count). The van der Waals surface area contributed by atoms with Crippen molar-refractivity contribution in [3.05, 3.63) is 22.1 Å². The second kappa shape index (κ2) is 15.4. The Labute approximate surface area is 254 Å². The highest BCUT2D eigenvalue weighted by Gasteiger charge is 2.46. The average Bonchev–Trinajstić information content (AvgIpc) is 3.51. The van der Waals surface area contributed by atoms with Crippen molar-refractivity contribution in [2.45, 2.75) is 37.2 Å². The van der Waals surface area contributed by atoms with Crippen LogP contribution in [-0.2, 0) is 49.9 Å². The Morgan fingerprint density at radius 2 is 1.93 bits per heavy atom. The van der Waals surface area contributed by atoms with Crippen molar-refractivity contribution in [3.8, 4) is 11.8 Å². The third-order valence-electron chi connectivity index (χ3n) is 5.59. The maximum absolute atomic E-state index is 13.2. The summed E-state index contributed by atoms with van der Waals surface area (Å²) in [5, 5.41) is 0.173. The van der Waals surface area contributed by atoms with Gasteiger partial charge in [-0.3, -0.25) is 27.9 Å². The quantitative estimate of drug-likeness (QED) is 0.0899. The molecule has 23 heteroatoms. The van der Waals surface area contributed by atoms with Crippen molar-refractivity contribution in [2.75, 3.05) is 46.5 Å². The monoisotopic (exact) mass is 707 g/mol. The Hall–Kier alpha value is -1.23. The lowest BCUT2D eigenvalue weighted by Crippen LogP contribution is -2.31. The summed E-state index contributed by atoms with van der Waals surface area (Å²) in [6, 6.07) is 0. The zero-order valence-corrected chi connectivity index (χ0v) is 27.9. The van der Waals surface area contributed by atoms with E-state index in [1.54, 1.807) is 10.8 Å². The fraction of sp³-hybridized carbons (Fsp3) is 0.600. The fourth-order valence-corrected chi connectivity index (χ4v) is 9.32. The van der Waals surface area contributed by atoms with E-state index in [4.69, 9.17) is 34.3 Å². The van der Waals surface area contributed by atoms with E-state index in [0.717, 1.165) is 21.3 Å². The van der Waals surface area contributed by atoms with Gasteiger partial charge in [0.05, 0.1) is 30.2 Å². The molecule has 4 unspecified atom stereocenters. The summed E-state index contributed by atoms with van der Waals surface area (Å²) in [4.78, 5) is 29.0. The minimum Gasteiger partial charge on any atom is -0.369 e. The second-order valence-electron chi connectivity index (χ2n) is 8.35. The normalized spacial score (nSPS) is 23.7. The van der Waals surface area contributed by atoms with Gasteiger partial charge < -0.3 is 30.4 Å². The summed E-state index contributed by atoms with van der Waals surface area (Å²) in [5.74, 6) is 5.42. The summed E-state index contributed by atoms with van der Waals surface area (Å²) >= 11 is 0. The van der Waals surface area contributed by atoms with Gasteiger partial charge >= 0.3 is 23.5 Å². The Morgan fingerprint density at radius 1 is 1.23 bits per heavy atom. The van der Waals surface area contributed by atoms with Crippen molar-refractivity contribution in [3.63, 3.8) is 0 Å². The molecule has 242 valence electrons. The zero-order chi connectivity index (χ0) is 32.0. The number of phosphoric acid groups is 3. The van der Waals surface area contributed by atoms with E-state index in [1.807, 2.05) is 13.2 Å². The van der Waals surface area contributed by atoms with E-state index in [1.165, 1.54) is 21.6 Å². The van der Waals surface area contributed by atoms with Gasteiger partial charge in [-0.15, -0.1) is 0 Å². The molecule has 2 aromatic rings. The van der Waals surface area contributed by atoms with Crippen molar-refractivity contribution in [1.29, 1.82) is 0 Å². The minimum absolute atomic E-state index is 0.0528. The lowest BCUT2D eigenvalue weighted by molar-refractivity contribution is -0.0622. The smallest absolute Gasteiger partial charge is 0.369 e. The predicted octanol–water partition coefficient (Wildman–Crippen LogP) is 2.95. The highest BCUT2D eigenvalue weighted by Crippen LogP contribution is 2.71. The molecule has 1 aliphatic heterocycles. The number of aromatic amines is 1. The molecule has 6 N–H and O–H groups in total. The summed E-state index contributed by atoms with van der Waals surface area (Å²) in [5.41, 5.74) is 11.0. The van der Waals surface area contributed by atoms with E-state index in [2.05, 4.69) is 35.2 Å². The maximum atomic E-state index is 13.2. The van der Waals surface area contributed by atoms with Crippen LogP contribution in [-0.4, -0.2) is 77.8 Å². The molecule has 0 radical (unpaired) electrons. The maximum Gasteiger partial charge on any atom is 0.492 e. The second-order valence-corrected chi connectivity index (χ2v) is 16.5. The molecule has 0 amide bonds. The van der Waals surface area contributed by atoms with Crippen LogP contribution in [0.2, 0.25) is 0 Å². The molecule has 0 aliphatic carbocycles. The van der Waals surface area contributed by atoms with Gasteiger partial charge in [0, 0.05) is 33.9 Å². The predicted molar refractivity (Wildman–Crippen MR) is 159 cm³/mol. The summed E-state index contributed by atoms with van der Waals surface area (Å²) in [7, 11) is -9.23. The van der Waals surface area contributed by atoms with E-state index in [0.29, 0.717) is 5.56 Å². The number of H-pyrrole nitrogens is 1. The molecule has 1 fully saturated rings. The van der Waals surface area contributed by atoms with Crippen LogP contribution in [0.4, 0.5) is 5.95 Å². The largest absolute Gasteiger partial charge is 0.492 e. The summed E-state index contributed by atoms with van der Waals surface area (Å²) in [6.45, 7) is 1.36. The number of hydrogen-bond acceptors (Lipinski definition) is 17. The number of ether oxygens (including phenoxy) is 2. The Kier molecular flexibility index (Phi) is 13.0. The van der Waals surface area contributed by atoms with Crippen LogP contribution in [0, 0.1) is 11.8 Å². The first-order chi connectivity index (χ1) is 20.2. The number of aromatic nitrogens is 3. The first-order valence-electron chi connectivity index (χ1n) is 12.1. The van der Waals surface area contributed by atoms with Gasteiger partial charge in [0.1, 0.15) is 17.8 Å². The third-order valence-corrected chi connectivity index (χ3v) is 12.6. The van der Waals surface area contributed by atoms with Crippen LogP contribution in [0.25, 0.3) is 11.0 Å². The van der Waals surface area contributed by atoms with Crippen molar-refractivity contribution < 1.29 is 54.8 Å². The van der Waals surface area contributed by atoms with Gasteiger partial charge in [0.15, 0.2) is 5.65 Å². The van der Waals surface area contributed by atoms with Crippen LogP contribution < -0.4 is 17.0 Å². The van der Waals surface area contributed by atoms with E-state index in [9.17, 15) is 23.4 Å². The molecule has 0 saturated carbocycles. The number of nitrogen functional groups attached to an aromatic ring is 1. The van der Waals surface area contributed by atoms with E-state index < -0.39 is 54.1 Å². The van der Waals surface area contributed by atoms with Crippen LogP contribution in [0.15, 0.2) is 11.0 Å². The Morgan fingerprint density at radius 3 is 2.53 bits per heavy atom. The van der Waals surface area contributed by atoms with Crippen LogP contribution >= 0.6 is 45.1 Å². The number of rotatable bonds is 15. The molecular formula is C20H32N5O13P3S2. The number of anilines is 1. The topological polar surface area (TPSA) is 248 Å². The summed E-state index contributed by atoms with van der Waals surface area (Å²) in [6.07, 6.45) is 1.22. The van der Waals surface area contributed by atoms with Crippen molar-refractivity contribution in [2.24, 2.45) is 5.73 Å². The molecule has 3 heterocycles. The third kappa shape index (κ3) is 9.39. The highest BCUT2D eigenvalue weighted by atomic mass is 33.1. The minimum atomic E-state index is -5.00. The van der Waals surface area contributed by atoms with Crippen LogP contribution in [0.1, 0.15) is 25.1 Å². The van der Waals surface area contributed by atoms with Gasteiger partial charge in [-0.2, -0.15) is 13.6 Å². The number of nitrogens with zero attached hydrogens (tertiary/aromatic N) is 2. The van der Waals surface area contributed by atoms with Crippen LogP contribution in [0.3, 0.4) is 0 Å². The average molecular weight is 708 g/mol. The molecule has 0 bridgehead atoms. The molecular weight excluding hydrogens is 675 g/mol. The number of hydrogen-bond donors (Lipinski definition) is 4. The molecule has 18 nitrogen and oxygen atoms in total. The number of nitrogens with one attached hydrogen (secondary N) is 1. The van der Waals surface area contributed by atoms with E-state index >= 15 is 0 Å². The molecule has 0 aromatic carbocycles. The molecule has 1 saturated heterocycles. The number of nitrogens with two attached hydrogens (primary N) is 2. The van der Waals surface area contributed by atoms with E-state index in [-0.39, 0.29) is 35.4 Å².